The van der Waals surface area contributed by atoms with Crippen LogP contribution in [0.4, 0.5) is 0 Å². The second kappa shape index (κ2) is 7.82. The minimum atomic E-state index is 0.101. The summed E-state index contributed by atoms with van der Waals surface area (Å²) in [7, 11) is 0. The maximum absolute atomic E-state index is 12.4. The van der Waals surface area contributed by atoms with Crippen LogP contribution in [0.3, 0.4) is 0 Å². The zero-order valence-corrected chi connectivity index (χ0v) is 11.9. The Bertz CT molecular complexity index is 280. The lowest BCUT2D eigenvalue weighted by Gasteiger charge is -2.28. The van der Waals surface area contributed by atoms with Crippen LogP contribution in [0.25, 0.3) is 0 Å². The van der Waals surface area contributed by atoms with Crippen LogP contribution in [0, 0.1) is 5.92 Å². The normalized spacial score (nSPS) is 26.2. The molecule has 0 bridgehead atoms. The fourth-order valence-corrected chi connectivity index (χ4v) is 2.92. The molecule has 2 fully saturated rings. The number of nitrogens with two attached hydrogens (primary N) is 1. The Balaban J connectivity index is 1.79. The maximum atomic E-state index is 12.4. The predicted molar refractivity (Wildman–Crippen MR) is 74.9 cm³/mol. The first-order valence-corrected chi connectivity index (χ1v) is 7.60. The van der Waals surface area contributed by atoms with E-state index in [1.54, 1.807) is 0 Å². The zero-order chi connectivity index (χ0) is 13.5. The van der Waals surface area contributed by atoms with Gasteiger partial charge >= 0.3 is 0 Å². The number of carbonyl (C=O) groups excluding carboxylic acids is 1. The Labute approximate surface area is 116 Å². The largest absolute Gasteiger partial charge is 0.381 e. The molecule has 0 saturated carbocycles. The first-order valence-electron chi connectivity index (χ1n) is 7.60. The molecule has 1 amide bonds. The number of ether oxygens (including phenoxy) is 1. The monoisotopic (exact) mass is 269 g/mol. The van der Waals surface area contributed by atoms with Crippen molar-refractivity contribution in [1.29, 1.82) is 0 Å². The Kier molecular flexibility index (Phi) is 6.07. The molecule has 2 rings (SSSR count). The van der Waals surface area contributed by atoms with Crippen molar-refractivity contribution < 1.29 is 9.53 Å². The van der Waals surface area contributed by atoms with Crippen molar-refractivity contribution >= 4 is 5.91 Å². The van der Waals surface area contributed by atoms with Crippen LogP contribution in [0.15, 0.2) is 0 Å². The number of hydrogen-bond acceptors (Lipinski definition) is 4. The molecule has 0 radical (unpaired) electrons. The molecule has 5 heteroatoms. The molecule has 1 unspecified atom stereocenters. The summed E-state index contributed by atoms with van der Waals surface area (Å²) in [5.74, 6) is 0.407. The van der Waals surface area contributed by atoms with E-state index >= 15 is 0 Å². The molecule has 2 aliphatic heterocycles. The topological polar surface area (TPSA) is 58.8 Å². The van der Waals surface area contributed by atoms with Crippen molar-refractivity contribution in [3.63, 3.8) is 0 Å². The van der Waals surface area contributed by atoms with Gasteiger partial charge in [-0.05, 0) is 45.3 Å². The van der Waals surface area contributed by atoms with Gasteiger partial charge in [0.05, 0.1) is 12.5 Å². The van der Waals surface area contributed by atoms with E-state index in [0.717, 1.165) is 71.6 Å². The average Bonchev–Trinajstić information content (AvgIpc) is 2.71. The predicted octanol–water partition coefficient (Wildman–Crippen LogP) is 0.296. The van der Waals surface area contributed by atoms with Crippen molar-refractivity contribution in [3.8, 4) is 0 Å². The number of amides is 1. The molecule has 2 heterocycles. The number of nitrogens with zero attached hydrogens (tertiary/aromatic N) is 2. The fraction of sp³-hybridized carbons (Fsp3) is 0.929. The summed E-state index contributed by atoms with van der Waals surface area (Å²) < 4.78 is 5.43. The van der Waals surface area contributed by atoms with Crippen LogP contribution in [0.1, 0.15) is 25.7 Å². The van der Waals surface area contributed by atoms with Gasteiger partial charge < -0.3 is 20.3 Å². The Morgan fingerprint density at radius 3 is 2.84 bits per heavy atom. The van der Waals surface area contributed by atoms with Crippen molar-refractivity contribution in [2.24, 2.45) is 11.7 Å². The van der Waals surface area contributed by atoms with Crippen molar-refractivity contribution in [2.75, 3.05) is 52.5 Å². The van der Waals surface area contributed by atoms with Crippen LogP contribution in [-0.2, 0) is 9.53 Å². The van der Waals surface area contributed by atoms with E-state index in [2.05, 4.69) is 4.90 Å². The summed E-state index contributed by atoms with van der Waals surface area (Å²) in [5.41, 5.74) is 5.55. The molecule has 0 spiro atoms. The van der Waals surface area contributed by atoms with Crippen molar-refractivity contribution in [3.05, 3.63) is 0 Å². The molecule has 1 atom stereocenters. The van der Waals surface area contributed by atoms with Crippen LogP contribution in [0.2, 0.25) is 0 Å². The second-order valence-electron chi connectivity index (χ2n) is 5.58. The van der Waals surface area contributed by atoms with Crippen molar-refractivity contribution in [2.45, 2.75) is 25.7 Å². The van der Waals surface area contributed by atoms with Gasteiger partial charge in [0.2, 0.25) is 5.91 Å². The molecule has 2 aliphatic rings. The summed E-state index contributed by atoms with van der Waals surface area (Å²) in [6.45, 7) is 7.07. The molecular weight excluding hydrogens is 242 g/mol. The number of carbonyl (C=O) groups is 1. The van der Waals surface area contributed by atoms with Gasteiger partial charge in [-0.3, -0.25) is 4.79 Å². The number of rotatable bonds is 4. The maximum Gasteiger partial charge on any atom is 0.228 e. The summed E-state index contributed by atoms with van der Waals surface area (Å²) in [5, 5.41) is 0. The standard InChI is InChI=1S/C14H27N3O2/c15-5-2-6-16-7-3-8-17(10-9-16)14(18)13-4-1-11-19-12-13/h13H,1-12,15H2. The molecular formula is C14H27N3O2. The first kappa shape index (κ1) is 14.8. The average molecular weight is 269 g/mol. The minimum Gasteiger partial charge on any atom is -0.381 e. The van der Waals surface area contributed by atoms with E-state index < -0.39 is 0 Å². The molecule has 0 aromatic carbocycles. The van der Waals surface area contributed by atoms with E-state index in [9.17, 15) is 4.79 Å². The van der Waals surface area contributed by atoms with E-state index in [4.69, 9.17) is 10.5 Å². The third kappa shape index (κ3) is 4.44. The molecule has 0 aromatic heterocycles. The minimum absolute atomic E-state index is 0.101. The lowest BCUT2D eigenvalue weighted by Crippen LogP contribution is -2.41. The SMILES string of the molecule is NCCCN1CCCN(C(=O)C2CCCOC2)CC1. The van der Waals surface area contributed by atoms with Crippen LogP contribution in [-0.4, -0.2) is 68.2 Å². The van der Waals surface area contributed by atoms with Gasteiger partial charge in [-0.2, -0.15) is 0 Å². The van der Waals surface area contributed by atoms with E-state index in [0.29, 0.717) is 12.5 Å². The van der Waals surface area contributed by atoms with Gasteiger partial charge in [0.15, 0.2) is 0 Å². The van der Waals surface area contributed by atoms with Gasteiger partial charge in [0, 0.05) is 26.2 Å². The first-order chi connectivity index (χ1) is 9.31. The summed E-state index contributed by atoms with van der Waals surface area (Å²) in [6.07, 6.45) is 4.13. The molecule has 0 aromatic rings. The van der Waals surface area contributed by atoms with E-state index in [-0.39, 0.29) is 5.92 Å². The second-order valence-corrected chi connectivity index (χ2v) is 5.58. The smallest absolute Gasteiger partial charge is 0.228 e. The van der Waals surface area contributed by atoms with Crippen LogP contribution < -0.4 is 5.73 Å². The Morgan fingerprint density at radius 2 is 2.11 bits per heavy atom. The Morgan fingerprint density at radius 1 is 1.21 bits per heavy atom. The lowest BCUT2D eigenvalue weighted by atomic mass is 10.0. The quantitative estimate of drug-likeness (QED) is 0.797. The lowest BCUT2D eigenvalue weighted by molar-refractivity contribution is -0.139. The third-order valence-corrected chi connectivity index (χ3v) is 4.09. The highest BCUT2D eigenvalue weighted by Crippen LogP contribution is 2.17. The molecule has 2 saturated heterocycles. The number of hydrogen-bond donors (Lipinski definition) is 1. The third-order valence-electron chi connectivity index (χ3n) is 4.09. The highest BCUT2D eigenvalue weighted by molar-refractivity contribution is 5.79. The van der Waals surface area contributed by atoms with Crippen LogP contribution in [0.5, 0.6) is 0 Å². The summed E-state index contributed by atoms with van der Waals surface area (Å²) in [6, 6.07) is 0. The molecule has 19 heavy (non-hydrogen) atoms. The van der Waals surface area contributed by atoms with E-state index in [1.807, 2.05) is 4.90 Å². The van der Waals surface area contributed by atoms with Gasteiger partial charge in [0.1, 0.15) is 0 Å². The highest BCUT2D eigenvalue weighted by Gasteiger charge is 2.27. The summed E-state index contributed by atoms with van der Waals surface area (Å²) in [4.78, 5) is 16.9. The molecule has 5 nitrogen and oxygen atoms in total. The zero-order valence-electron chi connectivity index (χ0n) is 11.9. The van der Waals surface area contributed by atoms with Gasteiger partial charge in [-0.15, -0.1) is 0 Å². The molecule has 2 N–H and O–H groups in total. The highest BCUT2D eigenvalue weighted by atomic mass is 16.5. The van der Waals surface area contributed by atoms with Crippen LogP contribution >= 0.6 is 0 Å². The van der Waals surface area contributed by atoms with Crippen molar-refractivity contribution in [1.82, 2.24) is 9.80 Å². The summed E-state index contributed by atoms with van der Waals surface area (Å²) >= 11 is 0. The molecule has 0 aliphatic carbocycles. The fourth-order valence-electron chi connectivity index (χ4n) is 2.92. The Hall–Kier alpha value is -0.650. The molecule has 110 valence electrons. The van der Waals surface area contributed by atoms with E-state index in [1.165, 1.54) is 0 Å². The van der Waals surface area contributed by atoms with Gasteiger partial charge in [-0.1, -0.05) is 0 Å². The van der Waals surface area contributed by atoms with Gasteiger partial charge in [-0.25, -0.2) is 0 Å². The van der Waals surface area contributed by atoms with Gasteiger partial charge in [0.25, 0.3) is 0 Å².